The Balaban J connectivity index is 1.71. The number of hydrogen-bond donors (Lipinski definition) is 2. The number of carbonyl (C=O) groups excluding carboxylic acids is 1. The SMILES string of the molecule is NC1(CC(=O)Nc2cccc3n[se]nc23)CCCCC1. The van der Waals surface area contributed by atoms with Gasteiger partial charge in [-0.05, 0) is 0 Å². The maximum atomic E-state index is 12.2. The molecule has 0 radical (unpaired) electrons. The molecule has 0 bridgehead atoms. The molecule has 20 heavy (non-hydrogen) atoms. The molecule has 0 aliphatic heterocycles. The average Bonchev–Trinajstić information content (AvgIpc) is 2.88. The van der Waals surface area contributed by atoms with Crippen LogP contribution in [-0.4, -0.2) is 34.4 Å². The van der Waals surface area contributed by atoms with Crippen LogP contribution in [0.1, 0.15) is 38.5 Å². The van der Waals surface area contributed by atoms with Crippen LogP contribution in [0.3, 0.4) is 0 Å². The molecule has 0 saturated heterocycles. The zero-order valence-electron chi connectivity index (χ0n) is 11.3. The first-order valence-electron chi connectivity index (χ1n) is 6.96. The molecule has 3 N–H and O–H groups in total. The number of benzene rings is 1. The number of nitrogens with two attached hydrogens (primary N) is 1. The van der Waals surface area contributed by atoms with Gasteiger partial charge in [-0.2, -0.15) is 0 Å². The molecule has 2 aromatic rings. The molecule has 1 aromatic carbocycles. The van der Waals surface area contributed by atoms with E-state index in [1.165, 1.54) is 6.42 Å². The van der Waals surface area contributed by atoms with Crippen molar-refractivity contribution in [2.24, 2.45) is 5.73 Å². The summed E-state index contributed by atoms with van der Waals surface area (Å²) in [5, 5.41) is 2.95. The van der Waals surface area contributed by atoms with Crippen LogP contribution in [0.4, 0.5) is 5.69 Å². The van der Waals surface area contributed by atoms with Crippen molar-refractivity contribution >= 4 is 37.6 Å². The van der Waals surface area contributed by atoms with Crippen LogP contribution in [0.25, 0.3) is 11.0 Å². The van der Waals surface area contributed by atoms with Gasteiger partial charge in [0, 0.05) is 0 Å². The van der Waals surface area contributed by atoms with Gasteiger partial charge in [-0.3, -0.25) is 0 Å². The monoisotopic (exact) mass is 338 g/mol. The fourth-order valence-corrected chi connectivity index (χ4v) is 4.01. The topological polar surface area (TPSA) is 80.9 Å². The number of carbonyl (C=O) groups is 1. The predicted molar refractivity (Wildman–Crippen MR) is 79.7 cm³/mol. The van der Waals surface area contributed by atoms with Crippen molar-refractivity contribution in [2.75, 3.05) is 5.32 Å². The molecular weight excluding hydrogens is 319 g/mol. The molecule has 1 amide bonds. The van der Waals surface area contributed by atoms with E-state index in [-0.39, 0.29) is 26.4 Å². The Kier molecular flexibility index (Phi) is 3.87. The second-order valence-electron chi connectivity index (χ2n) is 5.59. The van der Waals surface area contributed by atoms with Crippen molar-refractivity contribution in [3.05, 3.63) is 18.2 Å². The summed E-state index contributed by atoms with van der Waals surface area (Å²) in [6.07, 6.45) is 5.75. The number of amides is 1. The third-order valence-electron chi connectivity index (χ3n) is 3.92. The molecule has 1 saturated carbocycles. The van der Waals surface area contributed by atoms with Gasteiger partial charge in [-0.15, -0.1) is 0 Å². The van der Waals surface area contributed by atoms with Gasteiger partial charge in [0.2, 0.25) is 0 Å². The van der Waals surface area contributed by atoms with Crippen molar-refractivity contribution in [1.29, 1.82) is 0 Å². The summed E-state index contributed by atoms with van der Waals surface area (Å²) in [5.74, 6) is -0.0163. The number of rotatable bonds is 3. The van der Waals surface area contributed by atoms with E-state index in [1.807, 2.05) is 18.2 Å². The second kappa shape index (κ2) is 5.64. The van der Waals surface area contributed by atoms with Crippen LogP contribution in [0.15, 0.2) is 18.2 Å². The molecule has 1 aliphatic rings. The van der Waals surface area contributed by atoms with Crippen molar-refractivity contribution in [3.8, 4) is 0 Å². The van der Waals surface area contributed by atoms with Crippen LogP contribution in [-0.2, 0) is 4.79 Å². The maximum absolute atomic E-state index is 12.2. The van der Waals surface area contributed by atoms with E-state index in [1.54, 1.807) is 0 Å². The quantitative estimate of drug-likeness (QED) is 0.835. The van der Waals surface area contributed by atoms with Gasteiger partial charge in [0.25, 0.3) is 0 Å². The third-order valence-corrected chi connectivity index (χ3v) is 5.06. The van der Waals surface area contributed by atoms with Crippen LogP contribution in [0, 0.1) is 0 Å². The number of nitrogens with one attached hydrogen (secondary N) is 1. The van der Waals surface area contributed by atoms with Gasteiger partial charge in [0.05, 0.1) is 0 Å². The van der Waals surface area contributed by atoms with Gasteiger partial charge >= 0.3 is 124 Å². The molecule has 6 heteroatoms. The van der Waals surface area contributed by atoms with E-state index < -0.39 is 0 Å². The second-order valence-corrected chi connectivity index (χ2v) is 6.69. The molecule has 1 fully saturated rings. The molecule has 1 aromatic heterocycles. The van der Waals surface area contributed by atoms with Crippen LogP contribution >= 0.6 is 0 Å². The molecule has 0 atom stereocenters. The van der Waals surface area contributed by atoms with E-state index in [9.17, 15) is 4.79 Å². The summed E-state index contributed by atoms with van der Waals surface area (Å²) >= 11 is -0.0817. The van der Waals surface area contributed by atoms with Gasteiger partial charge in [-0.1, -0.05) is 0 Å². The van der Waals surface area contributed by atoms with E-state index >= 15 is 0 Å². The van der Waals surface area contributed by atoms with Gasteiger partial charge < -0.3 is 0 Å². The fraction of sp³-hybridized carbons (Fsp3) is 0.500. The summed E-state index contributed by atoms with van der Waals surface area (Å²) in [6, 6.07) is 5.70. The minimum absolute atomic E-state index is 0.0163. The Morgan fingerprint density at radius 1 is 1.30 bits per heavy atom. The van der Waals surface area contributed by atoms with Crippen LogP contribution in [0.5, 0.6) is 0 Å². The molecule has 0 unspecified atom stereocenters. The Morgan fingerprint density at radius 3 is 2.90 bits per heavy atom. The normalized spacial score (nSPS) is 18.1. The molecule has 5 nitrogen and oxygen atoms in total. The summed E-state index contributed by atoms with van der Waals surface area (Å²) in [7, 11) is 0. The van der Waals surface area contributed by atoms with Crippen molar-refractivity contribution in [3.63, 3.8) is 0 Å². The number of aromatic nitrogens is 2. The predicted octanol–water partition coefficient (Wildman–Crippen LogP) is 1.68. The Morgan fingerprint density at radius 2 is 2.10 bits per heavy atom. The summed E-state index contributed by atoms with van der Waals surface area (Å²) in [6.45, 7) is 0. The van der Waals surface area contributed by atoms with Crippen LogP contribution < -0.4 is 11.1 Å². The van der Waals surface area contributed by atoms with E-state index in [4.69, 9.17) is 5.73 Å². The van der Waals surface area contributed by atoms with E-state index in [0.29, 0.717) is 6.42 Å². The number of hydrogen-bond acceptors (Lipinski definition) is 4. The molecule has 0 spiro atoms. The fourth-order valence-electron chi connectivity index (χ4n) is 2.85. The van der Waals surface area contributed by atoms with Gasteiger partial charge in [0.15, 0.2) is 0 Å². The summed E-state index contributed by atoms with van der Waals surface area (Å²) < 4.78 is 8.68. The molecule has 1 heterocycles. The summed E-state index contributed by atoms with van der Waals surface area (Å²) in [4.78, 5) is 12.2. The first-order chi connectivity index (χ1) is 9.66. The molecular formula is C14H18N4OSe. The van der Waals surface area contributed by atoms with Crippen molar-refractivity contribution in [1.82, 2.24) is 7.96 Å². The first kappa shape index (κ1) is 13.7. The standard InChI is InChI=1S/C14H18N4OSe/c15-14(7-2-1-3-8-14)9-12(19)16-10-5-4-6-11-13(10)18-20-17-11/h4-6H,1-3,7-9,15H2,(H,16,19). The Bertz CT molecular complexity index is 618. The first-order valence-corrected chi connectivity index (χ1v) is 8.50. The number of fused-ring (bicyclic) bond motifs is 1. The van der Waals surface area contributed by atoms with Crippen LogP contribution in [0.2, 0.25) is 0 Å². The van der Waals surface area contributed by atoms with Crippen molar-refractivity contribution in [2.45, 2.75) is 44.1 Å². The van der Waals surface area contributed by atoms with Crippen molar-refractivity contribution < 1.29 is 4.79 Å². The van der Waals surface area contributed by atoms with Gasteiger partial charge in [-0.25, -0.2) is 0 Å². The molecule has 106 valence electrons. The van der Waals surface area contributed by atoms with E-state index in [0.717, 1.165) is 42.4 Å². The minimum atomic E-state index is -0.328. The number of nitrogens with zero attached hydrogens (tertiary/aromatic N) is 2. The zero-order chi connectivity index (χ0) is 14.0. The number of anilines is 1. The Hall–Kier alpha value is -1.23. The van der Waals surface area contributed by atoms with E-state index in [2.05, 4.69) is 13.3 Å². The zero-order valence-corrected chi connectivity index (χ0v) is 13.0. The molecule has 3 rings (SSSR count). The third kappa shape index (κ3) is 2.92. The molecule has 1 aliphatic carbocycles. The average molecular weight is 337 g/mol. The Labute approximate surface area is 124 Å². The summed E-state index contributed by atoms with van der Waals surface area (Å²) in [5.41, 5.74) is 8.45. The van der Waals surface area contributed by atoms with Gasteiger partial charge in [0.1, 0.15) is 0 Å².